The average molecular weight is 377 g/mol. The van der Waals surface area contributed by atoms with Crippen molar-refractivity contribution in [3.05, 3.63) is 63.1 Å². The highest BCUT2D eigenvalue weighted by Crippen LogP contribution is 2.32. The zero-order valence-electron chi connectivity index (χ0n) is 12.3. The molecule has 0 heterocycles. The van der Waals surface area contributed by atoms with Gasteiger partial charge in [0.1, 0.15) is 5.75 Å². The molecule has 124 valence electrons. The minimum absolute atomic E-state index is 0. The van der Waals surface area contributed by atoms with Crippen molar-refractivity contribution in [2.45, 2.75) is 13.1 Å². The van der Waals surface area contributed by atoms with Crippen LogP contribution < -0.4 is 10.1 Å². The molecular formula is C16H16Cl3NO3. The fraction of sp³-hybridized carbons (Fsp3) is 0.188. The van der Waals surface area contributed by atoms with E-state index in [1.807, 2.05) is 0 Å². The summed E-state index contributed by atoms with van der Waals surface area (Å²) in [6, 6.07) is 10.1. The van der Waals surface area contributed by atoms with Crippen molar-refractivity contribution in [1.82, 2.24) is 5.32 Å². The first-order valence-corrected chi connectivity index (χ1v) is 7.31. The maximum absolute atomic E-state index is 10.8. The Labute approximate surface area is 150 Å². The van der Waals surface area contributed by atoms with Crippen LogP contribution in [0.1, 0.15) is 21.5 Å². The van der Waals surface area contributed by atoms with E-state index in [2.05, 4.69) is 5.32 Å². The van der Waals surface area contributed by atoms with Crippen molar-refractivity contribution in [1.29, 1.82) is 0 Å². The number of carboxylic acid groups (broad SMARTS) is 1. The fourth-order valence-corrected chi connectivity index (χ4v) is 2.69. The van der Waals surface area contributed by atoms with E-state index in [0.717, 1.165) is 11.1 Å². The SMILES string of the molecule is COc1c(Cl)cc(Cl)cc1CNCc1ccc(C(=O)O)cc1.Cl. The van der Waals surface area contributed by atoms with Gasteiger partial charge < -0.3 is 15.2 Å². The van der Waals surface area contributed by atoms with E-state index >= 15 is 0 Å². The van der Waals surface area contributed by atoms with Crippen molar-refractivity contribution in [2.24, 2.45) is 0 Å². The van der Waals surface area contributed by atoms with E-state index in [0.29, 0.717) is 28.9 Å². The van der Waals surface area contributed by atoms with Gasteiger partial charge in [-0.3, -0.25) is 0 Å². The van der Waals surface area contributed by atoms with Gasteiger partial charge >= 0.3 is 5.97 Å². The second-order valence-electron chi connectivity index (χ2n) is 4.69. The van der Waals surface area contributed by atoms with Crippen LogP contribution in [-0.4, -0.2) is 18.2 Å². The molecule has 0 fully saturated rings. The van der Waals surface area contributed by atoms with Gasteiger partial charge in [-0.2, -0.15) is 0 Å². The summed E-state index contributed by atoms with van der Waals surface area (Å²) < 4.78 is 5.28. The molecule has 2 N–H and O–H groups in total. The molecule has 0 aliphatic carbocycles. The number of rotatable bonds is 6. The van der Waals surface area contributed by atoms with E-state index in [4.69, 9.17) is 33.0 Å². The highest BCUT2D eigenvalue weighted by molar-refractivity contribution is 6.35. The van der Waals surface area contributed by atoms with E-state index < -0.39 is 5.97 Å². The van der Waals surface area contributed by atoms with E-state index in [1.165, 1.54) is 0 Å². The molecule has 23 heavy (non-hydrogen) atoms. The fourth-order valence-electron chi connectivity index (χ4n) is 2.08. The predicted octanol–water partition coefficient (Wildman–Crippen LogP) is 4.41. The number of carbonyl (C=O) groups is 1. The quantitative estimate of drug-likeness (QED) is 0.784. The van der Waals surface area contributed by atoms with E-state index in [-0.39, 0.29) is 18.0 Å². The number of benzene rings is 2. The molecule has 0 aliphatic heterocycles. The molecule has 0 spiro atoms. The third kappa shape index (κ3) is 5.29. The van der Waals surface area contributed by atoms with Gasteiger partial charge in [0.25, 0.3) is 0 Å². The number of ether oxygens (including phenoxy) is 1. The first kappa shape index (κ1) is 19.6. The second kappa shape index (κ2) is 8.99. The average Bonchev–Trinajstić information content (AvgIpc) is 2.47. The van der Waals surface area contributed by atoms with Crippen molar-refractivity contribution in [2.75, 3.05) is 7.11 Å². The highest BCUT2D eigenvalue weighted by atomic mass is 35.5. The highest BCUT2D eigenvalue weighted by Gasteiger charge is 2.09. The molecule has 2 aromatic rings. The normalized spacial score (nSPS) is 10.0. The standard InChI is InChI=1S/C16H15Cl2NO3.ClH/c1-22-15-12(6-13(17)7-14(15)18)9-19-8-10-2-4-11(5-3-10)16(20)21;/h2-7,19H,8-9H2,1H3,(H,20,21);1H. The molecule has 0 radical (unpaired) electrons. The van der Waals surface area contributed by atoms with Gasteiger partial charge in [-0.15, -0.1) is 12.4 Å². The second-order valence-corrected chi connectivity index (χ2v) is 5.53. The third-order valence-corrected chi connectivity index (χ3v) is 3.63. The summed E-state index contributed by atoms with van der Waals surface area (Å²) in [5, 5.41) is 13.1. The van der Waals surface area contributed by atoms with Crippen LogP contribution in [0.3, 0.4) is 0 Å². The van der Waals surface area contributed by atoms with E-state index in [9.17, 15) is 4.79 Å². The summed E-state index contributed by atoms with van der Waals surface area (Å²) in [5.74, 6) is -0.336. The summed E-state index contributed by atoms with van der Waals surface area (Å²) in [4.78, 5) is 10.8. The van der Waals surface area contributed by atoms with Gasteiger partial charge in [-0.1, -0.05) is 35.3 Å². The summed E-state index contributed by atoms with van der Waals surface area (Å²) in [6.45, 7) is 1.12. The van der Waals surface area contributed by atoms with Gasteiger partial charge in [0.15, 0.2) is 0 Å². The van der Waals surface area contributed by atoms with Crippen molar-refractivity contribution >= 4 is 41.6 Å². The third-order valence-electron chi connectivity index (χ3n) is 3.13. The van der Waals surface area contributed by atoms with Crippen molar-refractivity contribution < 1.29 is 14.6 Å². The molecule has 0 saturated heterocycles. The van der Waals surface area contributed by atoms with Crippen LogP contribution >= 0.6 is 35.6 Å². The molecule has 0 aromatic heterocycles. The molecule has 7 heteroatoms. The van der Waals surface area contributed by atoms with Crippen LogP contribution in [0.5, 0.6) is 5.75 Å². The number of aromatic carboxylic acids is 1. The van der Waals surface area contributed by atoms with Crippen LogP contribution in [0.15, 0.2) is 36.4 Å². The Morgan fingerprint density at radius 2 is 1.83 bits per heavy atom. The number of hydrogen-bond acceptors (Lipinski definition) is 3. The Hall–Kier alpha value is -1.46. The summed E-state index contributed by atoms with van der Waals surface area (Å²) >= 11 is 12.1. The van der Waals surface area contributed by atoms with Crippen LogP contribution in [0.4, 0.5) is 0 Å². The minimum atomic E-state index is -0.933. The number of nitrogens with one attached hydrogen (secondary N) is 1. The van der Waals surface area contributed by atoms with Gasteiger partial charge in [0.2, 0.25) is 0 Å². The Balaban J connectivity index is 0.00000264. The molecule has 0 unspecified atom stereocenters. The monoisotopic (exact) mass is 375 g/mol. The van der Waals surface area contributed by atoms with Gasteiger partial charge in [0.05, 0.1) is 17.7 Å². The zero-order chi connectivity index (χ0) is 16.1. The van der Waals surface area contributed by atoms with Crippen LogP contribution in [0.2, 0.25) is 10.0 Å². The lowest BCUT2D eigenvalue weighted by Gasteiger charge is -2.12. The molecular weight excluding hydrogens is 361 g/mol. The molecule has 0 amide bonds. The van der Waals surface area contributed by atoms with Crippen LogP contribution in [0, 0.1) is 0 Å². The maximum atomic E-state index is 10.8. The maximum Gasteiger partial charge on any atom is 0.335 e. The summed E-state index contributed by atoms with van der Waals surface area (Å²) in [6.07, 6.45) is 0. The smallest absolute Gasteiger partial charge is 0.335 e. The molecule has 0 saturated carbocycles. The molecule has 0 aliphatic rings. The first-order valence-electron chi connectivity index (χ1n) is 6.56. The largest absolute Gasteiger partial charge is 0.495 e. The van der Waals surface area contributed by atoms with Crippen molar-refractivity contribution in [3.63, 3.8) is 0 Å². The predicted molar refractivity (Wildman–Crippen MR) is 94.2 cm³/mol. The van der Waals surface area contributed by atoms with Crippen molar-refractivity contribution in [3.8, 4) is 5.75 Å². The molecule has 0 atom stereocenters. The van der Waals surface area contributed by atoms with Gasteiger partial charge in [-0.25, -0.2) is 4.79 Å². The Morgan fingerprint density at radius 3 is 2.39 bits per heavy atom. The van der Waals surface area contributed by atoms with Gasteiger partial charge in [-0.05, 0) is 29.8 Å². The topological polar surface area (TPSA) is 58.6 Å². The van der Waals surface area contributed by atoms with E-state index in [1.54, 1.807) is 43.5 Å². The Bertz CT molecular complexity index is 675. The zero-order valence-corrected chi connectivity index (χ0v) is 14.6. The number of halogens is 3. The number of methoxy groups -OCH3 is 1. The molecule has 4 nitrogen and oxygen atoms in total. The molecule has 2 aromatic carbocycles. The number of hydrogen-bond donors (Lipinski definition) is 2. The minimum Gasteiger partial charge on any atom is -0.495 e. The van der Waals surface area contributed by atoms with Crippen LogP contribution in [-0.2, 0) is 13.1 Å². The summed E-state index contributed by atoms with van der Waals surface area (Å²) in [7, 11) is 1.56. The molecule has 0 bridgehead atoms. The Kier molecular flexibility index (Phi) is 7.65. The summed E-state index contributed by atoms with van der Waals surface area (Å²) in [5.41, 5.74) is 2.12. The lowest BCUT2D eigenvalue weighted by molar-refractivity contribution is 0.0697. The van der Waals surface area contributed by atoms with Gasteiger partial charge in [0, 0.05) is 23.7 Å². The Morgan fingerprint density at radius 1 is 1.17 bits per heavy atom. The first-order chi connectivity index (χ1) is 10.5. The lowest BCUT2D eigenvalue weighted by Crippen LogP contribution is -2.13. The molecule has 2 rings (SSSR count). The van der Waals surface area contributed by atoms with Crippen LogP contribution in [0.25, 0.3) is 0 Å². The lowest BCUT2D eigenvalue weighted by atomic mass is 10.1. The number of carboxylic acids is 1.